The molecule has 0 amide bonds. The summed E-state index contributed by atoms with van der Waals surface area (Å²) in [6, 6.07) is 9.55. The molecule has 0 unspecified atom stereocenters. The summed E-state index contributed by atoms with van der Waals surface area (Å²) < 4.78 is 1.73. The zero-order valence-corrected chi connectivity index (χ0v) is 11.0. The SMILES string of the molecule is c1cncc(-c2nc3nccc(-c4ccncc4)n3n2)c1. The molecule has 0 saturated heterocycles. The van der Waals surface area contributed by atoms with Crippen molar-refractivity contribution in [3.63, 3.8) is 0 Å². The van der Waals surface area contributed by atoms with Crippen LogP contribution in [0.15, 0.2) is 61.3 Å². The fourth-order valence-electron chi connectivity index (χ4n) is 2.15. The maximum Gasteiger partial charge on any atom is 0.253 e. The highest BCUT2D eigenvalue weighted by molar-refractivity contribution is 5.62. The van der Waals surface area contributed by atoms with E-state index in [4.69, 9.17) is 0 Å². The molecule has 21 heavy (non-hydrogen) atoms. The van der Waals surface area contributed by atoms with Crippen molar-refractivity contribution in [3.05, 3.63) is 61.3 Å². The predicted octanol–water partition coefficient (Wildman–Crippen LogP) is 2.25. The van der Waals surface area contributed by atoms with Crippen molar-refractivity contribution in [1.29, 1.82) is 0 Å². The van der Waals surface area contributed by atoms with E-state index < -0.39 is 0 Å². The minimum atomic E-state index is 0.558. The predicted molar refractivity (Wildman–Crippen MR) is 77.2 cm³/mol. The monoisotopic (exact) mass is 274 g/mol. The molecule has 0 aliphatic carbocycles. The van der Waals surface area contributed by atoms with E-state index in [0.29, 0.717) is 11.6 Å². The molecule has 0 spiro atoms. The lowest BCUT2D eigenvalue weighted by Crippen LogP contribution is -1.95. The normalized spacial score (nSPS) is 10.9. The third-order valence-electron chi connectivity index (χ3n) is 3.14. The molecule has 0 aromatic carbocycles. The van der Waals surface area contributed by atoms with Crippen molar-refractivity contribution in [1.82, 2.24) is 29.5 Å². The van der Waals surface area contributed by atoms with Crippen molar-refractivity contribution in [2.75, 3.05) is 0 Å². The summed E-state index contributed by atoms with van der Waals surface area (Å²) in [5.74, 6) is 1.17. The fourth-order valence-corrected chi connectivity index (χ4v) is 2.15. The highest BCUT2D eigenvalue weighted by Crippen LogP contribution is 2.20. The Bertz CT molecular complexity index is 886. The first-order valence-corrected chi connectivity index (χ1v) is 6.44. The third kappa shape index (κ3) is 2.02. The van der Waals surface area contributed by atoms with Gasteiger partial charge in [0.05, 0.1) is 5.69 Å². The molecule has 0 aliphatic rings. The van der Waals surface area contributed by atoms with Gasteiger partial charge in [-0.15, -0.1) is 5.10 Å². The number of rotatable bonds is 2. The van der Waals surface area contributed by atoms with Crippen LogP contribution in [0, 0.1) is 0 Å². The summed E-state index contributed by atoms with van der Waals surface area (Å²) in [5, 5.41) is 4.54. The zero-order chi connectivity index (χ0) is 14.1. The van der Waals surface area contributed by atoms with E-state index >= 15 is 0 Å². The molecule has 0 fully saturated rings. The Kier molecular flexibility index (Phi) is 2.64. The number of hydrogen-bond acceptors (Lipinski definition) is 5. The maximum absolute atomic E-state index is 4.54. The van der Waals surface area contributed by atoms with E-state index in [1.165, 1.54) is 0 Å². The fraction of sp³-hybridized carbons (Fsp3) is 0. The lowest BCUT2D eigenvalue weighted by molar-refractivity contribution is 0.950. The Hall–Kier alpha value is -3.15. The molecule has 0 aliphatic heterocycles. The molecule has 6 heteroatoms. The second-order valence-corrected chi connectivity index (χ2v) is 4.45. The van der Waals surface area contributed by atoms with Crippen LogP contribution >= 0.6 is 0 Å². The van der Waals surface area contributed by atoms with Gasteiger partial charge in [-0.2, -0.15) is 9.50 Å². The van der Waals surface area contributed by atoms with Gasteiger partial charge in [0.15, 0.2) is 5.82 Å². The zero-order valence-electron chi connectivity index (χ0n) is 11.0. The summed E-state index contributed by atoms with van der Waals surface area (Å²) in [4.78, 5) is 16.8. The molecule has 0 saturated carbocycles. The first-order valence-electron chi connectivity index (χ1n) is 6.44. The van der Waals surface area contributed by atoms with Crippen LogP contribution in [0.3, 0.4) is 0 Å². The minimum Gasteiger partial charge on any atom is -0.265 e. The number of fused-ring (bicyclic) bond motifs is 1. The highest BCUT2D eigenvalue weighted by atomic mass is 15.3. The van der Waals surface area contributed by atoms with Crippen LogP contribution in [-0.2, 0) is 0 Å². The van der Waals surface area contributed by atoms with Crippen LogP contribution < -0.4 is 0 Å². The van der Waals surface area contributed by atoms with Crippen molar-refractivity contribution < 1.29 is 0 Å². The molecule has 4 rings (SSSR count). The molecule has 0 bridgehead atoms. The van der Waals surface area contributed by atoms with Gasteiger partial charge in [0.2, 0.25) is 0 Å². The van der Waals surface area contributed by atoms with Gasteiger partial charge in [0.25, 0.3) is 5.78 Å². The second-order valence-electron chi connectivity index (χ2n) is 4.45. The van der Waals surface area contributed by atoms with Gasteiger partial charge in [-0.05, 0) is 30.3 Å². The van der Waals surface area contributed by atoms with Gasteiger partial charge in [-0.1, -0.05) is 0 Å². The Morgan fingerprint density at radius 3 is 2.52 bits per heavy atom. The Morgan fingerprint density at radius 2 is 1.71 bits per heavy atom. The van der Waals surface area contributed by atoms with E-state index in [1.807, 2.05) is 30.3 Å². The molecule has 100 valence electrons. The van der Waals surface area contributed by atoms with Gasteiger partial charge in [0.1, 0.15) is 0 Å². The molecule has 4 heterocycles. The van der Waals surface area contributed by atoms with Crippen LogP contribution in [0.1, 0.15) is 0 Å². The van der Waals surface area contributed by atoms with Crippen LogP contribution in [0.4, 0.5) is 0 Å². The molecular formula is C15H10N6. The van der Waals surface area contributed by atoms with Gasteiger partial charge >= 0.3 is 0 Å². The Labute approximate surface area is 120 Å². The van der Waals surface area contributed by atoms with Crippen molar-refractivity contribution >= 4 is 5.78 Å². The lowest BCUT2D eigenvalue weighted by Gasteiger charge is -2.02. The van der Waals surface area contributed by atoms with Gasteiger partial charge in [0, 0.05) is 42.1 Å². The van der Waals surface area contributed by atoms with E-state index in [0.717, 1.165) is 16.8 Å². The average molecular weight is 274 g/mol. The topological polar surface area (TPSA) is 68.9 Å². The first-order chi connectivity index (χ1) is 10.4. The number of hydrogen-bond donors (Lipinski definition) is 0. The van der Waals surface area contributed by atoms with Crippen LogP contribution in [0.25, 0.3) is 28.4 Å². The molecular weight excluding hydrogens is 264 g/mol. The first kappa shape index (κ1) is 11.7. The standard InChI is InChI=1S/C15H10N6/c1-2-12(10-17-6-1)14-19-15-18-9-5-13(21(15)20-14)11-3-7-16-8-4-11/h1-10H. The van der Waals surface area contributed by atoms with E-state index in [1.54, 1.807) is 35.5 Å². The molecule has 0 N–H and O–H groups in total. The van der Waals surface area contributed by atoms with Crippen LogP contribution in [-0.4, -0.2) is 29.5 Å². The van der Waals surface area contributed by atoms with Crippen molar-refractivity contribution in [2.45, 2.75) is 0 Å². The Balaban J connectivity index is 1.93. The van der Waals surface area contributed by atoms with Crippen molar-refractivity contribution in [2.24, 2.45) is 0 Å². The van der Waals surface area contributed by atoms with Crippen LogP contribution in [0.5, 0.6) is 0 Å². The highest BCUT2D eigenvalue weighted by Gasteiger charge is 2.11. The third-order valence-corrected chi connectivity index (χ3v) is 3.14. The van der Waals surface area contributed by atoms with E-state index in [-0.39, 0.29) is 0 Å². The number of aromatic nitrogens is 6. The smallest absolute Gasteiger partial charge is 0.253 e. The molecule has 4 aromatic heterocycles. The van der Waals surface area contributed by atoms with Crippen molar-refractivity contribution in [3.8, 4) is 22.6 Å². The van der Waals surface area contributed by atoms with E-state index in [2.05, 4.69) is 25.0 Å². The summed E-state index contributed by atoms with van der Waals surface area (Å²) in [7, 11) is 0. The summed E-state index contributed by atoms with van der Waals surface area (Å²) in [6.45, 7) is 0. The largest absolute Gasteiger partial charge is 0.265 e. The van der Waals surface area contributed by atoms with Gasteiger partial charge in [-0.3, -0.25) is 9.97 Å². The molecule has 6 nitrogen and oxygen atoms in total. The van der Waals surface area contributed by atoms with Crippen LogP contribution in [0.2, 0.25) is 0 Å². The van der Waals surface area contributed by atoms with E-state index in [9.17, 15) is 0 Å². The van der Waals surface area contributed by atoms with Gasteiger partial charge in [-0.25, -0.2) is 4.98 Å². The molecule has 0 radical (unpaired) electrons. The quantitative estimate of drug-likeness (QED) is 0.560. The molecule has 4 aromatic rings. The molecule has 0 atom stereocenters. The number of nitrogens with zero attached hydrogens (tertiary/aromatic N) is 6. The summed E-state index contributed by atoms with van der Waals surface area (Å²) in [5.41, 5.74) is 2.80. The summed E-state index contributed by atoms with van der Waals surface area (Å²) in [6.07, 6.45) is 8.69. The van der Waals surface area contributed by atoms with Gasteiger partial charge < -0.3 is 0 Å². The number of pyridine rings is 2. The summed E-state index contributed by atoms with van der Waals surface area (Å²) >= 11 is 0. The minimum absolute atomic E-state index is 0.558. The Morgan fingerprint density at radius 1 is 0.810 bits per heavy atom. The maximum atomic E-state index is 4.54. The second kappa shape index (κ2) is 4.75. The lowest BCUT2D eigenvalue weighted by atomic mass is 10.2. The average Bonchev–Trinajstić information content (AvgIpc) is 3.00.